The van der Waals surface area contributed by atoms with Gasteiger partial charge in [0, 0.05) is 18.7 Å². The molecule has 2 aromatic carbocycles. The van der Waals surface area contributed by atoms with Gasteiger partial charge < -0.3 is 5.32 Å². The second-order valence-corrected chi connectivity index (χ2v) is 8.15. The highest BCUT2D eigenvalue weighted by Crippen LogP contribution is 2.35. The number of hydrogen-bond donors (Lipinski definition) is 1. The monoisotopic (exact) mass is 421 g/mol. The molecule has 2 aliphatic rings. The molecule has 1 aliphatic carbocycles. The summed E-state index contributed by atoms with van der Waals surface area (Å²) < 4.78 is 0. The minimum atomic E-state index is -0.330. The summed E-state index contributed by atoms with van der Waals surface area (Å²) >= 11 is 18.5. The second kappa shape index (κ2) is 7.70. The van der Waals surface area contributed by atoms with Crippen molar-refractivity contribution in [3.63, 3.8) is 0 Å². The van der Waals surface area contributed by atoms with E-state index in [9.17, 15) is 4.79 Å². The Labute approximate surface area is 173 Å². The Morgan fingerprint density at radius 3 is 2.56 bits per heavy atom. The molecule has 1 heterocycles. The van der Waals surface area contributed by atoms with E-state index in [1.54, 1.807) is 18.2 Å². The van der Waals surface area contributed by atoms with Crippen LogP contribution in [0.15, 0.2) is 41.5 Å². The van der Waals surface area contributed by atoms with E-state index in [-0.39, 0.29) is 11.5 Å². The molecule has 4 rings (SSSR count). The standard InChI is InChI=1S/C20H18Cl3N3O/c21-15-2-1-3-16(22)19(15)20(27)24-14-7-8-17-13(10-14)6-9-18(23)25-26(17)11-12-4-5-12/h1-3,7-8,10,12H,4-6,9,11H2,(H,24,27). The van der Waals surface area contributed by atoms with Gasteiger partial charge in [-0.3, -0.25) is 9.80 Å². The quantitative estimate of drug-likeness (QED) is 0.660. The molecule has 0 bridgehead atoms. The summed E-state index contributed by atoms with van der Waals surface area (Å²) in [6.07, 6.45) is 3.94. The van der Waals surface area contributed by atoms with Crippen LogP contribution in [0.3, 0.4) is 0 Å². The summed E-state index contributed by atoms with van der Waals surface area (Å²) in [4.78, 5) is 12.6. The highest BCUT2D eigenvalue weighted by atomic mass is 35.5. The van der Waals surface area contributed by atoms with Crippen LogP contribution >= 0.6 is 34.8 Å². The minimum Gasteiger partial charge on any atom is -0.322 e. The van der Waals surface area contributed by atoms with Crippen molar-refractivity contribution in [3.8, 4) is 0 Å². The van der Waals surface area contributed by atoms with E-state index in [4.69, 9.17) is 34.8 Å². The first-order valence-electron chi connectivity index (χ1n) is 8.90. The molecule has 140 valence electrons. The van der Waals surface area contributed by atoms with Gasteiger partial charge in [-0.05, 0) is 61.1 Å². The first-order valence-corrected chi connectivity index (χ1v) is 10.0. The van der Waals surface area contributed by atoms with Gasteiger partial charge in [-0.15, -0.1) is 0 Å². The Morgan fingerprint density at radius 2 is 1.85 bits per heavy atom. The molecule has 0 atom stereocenters. The van der Waals surface area contributed by atoms with Gasteiger partial charge in [0.1, 0.15) is 5.17 Å². The third-order valence-electron chi connectivity index (χ3n) is 4.76. The molecule has 0 spiro atoms. The molecule has 0 saturated heterocycles. The van der Waals surface area contributed by atoms with Crippen molar-refractivity contribution in [3.05, 3.63) is 57.6 Å². The van der Waals surface area contributed by atoms with Gasteiger partial charge in [-0.2, -0.15) is 5.10 Å². The fraction of sp³-hybridized carbons (Fsp3) is 0.300. The van der Waals surface area contributed by atoms with Crippen LogP contribution in [0, 0.1) is 5.92 Å². The van der Waals surface area contributed by atoms with Crippen LogP contribution in [0.1, 0.15) is 35.2 Å². The van der Waals surface area contributed by atoms with Crippen molar-refractivity contribution in [1.29, 1.82) is 0 Å². The van der Waals surface area contributed by atoms with Gasteiger partial charge in [0.2, 0.25) is 0 Å². The van der Waals surface area contributed by atoms with Gasteiger partial charge in [0.15, 0.2) is 0 Å². The van der Waals surface area contributed by atoms with Gasteiger partial charge >= 0.3 is 0 Å². The molecule has 0 aromatic heterocycles. The molecule has 7 heteroatoms. The Kier molecular flexibility index (Phi) is 5.31. The molecular formula is C20H18Cl3N3O. The smallest absolute Gasteiger partial charge is 0.258 e. The van der Waals surface area contributed by atoms with Crippen LogP contribution in [0.4, 0.5) is 11.4 Å². The van der Waals surface area contributed by atoms with Crippen molar-refractivity contribution in [2.24, 2.45) is 11.0 Å². The van der Waals surface area contributed by atoms with Crippen LogP contribution in [0.25, 0.3) is 0 Å². The Balaban J connectivity index is 1.59. The van der Waals surface area contributed by atoms with Gasteiger partial charge in [-0.1, -0.05) is 40.9 Å². The van der Waals surface area contributed by atoms with Crippen LogP contribution in [0.2, 0.25) is 10.0 Å². The molecule has 4 nitrogen and oxygen atoms in total. The lowest BCUT2D eigenvalue weighted by Crippen LogP contribution is -2.20. The minimum absolute atomic E-state index is 0.275. The molecule has 0 radical (unpaired) electrons. The number of aryl methyl sites for hydroxylation is 1. The first kappa shape index (κ1) is 18.6. The van der Waals surface area contributed by atoms with Gasteiger partial charge in [0.25, 0.3) is 5.91 Å². The molecule has 0 unspecified atom stereocenters. The summed E-state index contributed by atoms with van der Waals surface area (Å²) in [5.74, 6) is 0.356. The summed E-state index contributed by atoms with van der Waals surface area (Å²) in [6, 6.07) is 10.8. The Morgan fingerprint density at radius 1 is 1.11 bits per heavy atom. The number of carbonyl (C=O) groups excluding carboxylic acids is 1. The fourth-order valence-electron chi connectivity index (χ4n) is 3.18. The van der Waals surface area contributed by atoms with E-state index in [0.29, 0.717) is 33.2 Å². The first-order chi connectivity index (χ1) is 13.0. The maximum absolute atomic E-state index is 12.6. The van der Waals surface area contributed by atoms with Crippen molar-refractivity contribution < 1.29 is 4.79 Å². The molecule has 1 N–H and O–H groups in total. The van der Waals surface area contributed by atoms with Crippen molar-refractivity contribution >= 4 is 57.3 Å². The van der Waals surface area contributed by atoms with Crippen molar-refractivity contribution in [2.45, 2.75) is 25.7 Å². The van der Waals surface area contributed by atoms with Crippen LogP contribution in [-0.4, -0.2) is 17.6 Å². The van der Waals surface area contributed by atoms with Gasteiger partial charge in [-0.25, -0.2) is 0 Å². The number of hydrazone groups is 1. The van der Waals surface area contributed by atoms with E-state index < -0.39 is 0 Å². The second-order valence-electron chi connectivity index (χ2n) is 6.90. The van der Waals surface area contributed by atoms with E-state index >= 15 is 0 Å². The van der Waals surface area contributed by atoms with Crippen LogP contribution in [0.5, 0.6) is 0 Å². The highest BCUT2D eigenvalue weighted by Gasteiger charge is 2.27. The molecule has 27 heavy (non-hydrogen) atoms. The topological polar surface area (TPSA) is 44.7 Å². The number of carbonyl (C=O) groups is 1. The number of amides is 1. The maximum Gasteiger partial charge on any atom is 0.258 e. The Hall–Kier alpha value is -1.75. The predicted molar refractivity (Wildman–Crippen MR) is 113 cm³/mol. The molecule has 1 aliphatic heterocycles. The van der Waals surface area contributed by atoms with E-state index in [0.717, 1.165) is 24.2 Å². The number of rotatable bonds is 4. The van der Waals surface area contributed by atoms with E-state index in [1.165, 1.54) is 12.8 Å². The third-order valence-corrected chi connectivity index (χ3v) is 5.66. The lowest BCUT2D eigenvalue weighted by atomic mass is 10.1. The Bertz CT molecular complexity index is 904. The van der Waals surface area contributed by atoms with Gasteiger partial charge in [0.05, 0.1) is 21.3 Å². The van der Waals surface area contributed by atoms with Crippen LogP contribution < -0.4 is 10.3 Å². The van der Waals surface area contributed by atoms with E-state index in [2.05, 4.69) is 10.4 Å². The summed E-state index contributed by atoms with van der Waals surface area (Å²) in [5, 5.41) is 10.7. The maximum atomic E-state index is 12.6. The van der Waals surface area contributed by atoms with E-state index in [1.807, 2.05) is 23.2 Å². The largest absolute Gasteiger partial charge is 0.322 e. The SMILES string of the molecule is O=C(Nc1ccc2c(c1)CCC(Cl)=NN2CC1CC1)c1c(Cl)cccc1Cl. The zero-order valence-corrected chi connectivity index (χ0v) is 16.8. The average molecular weight is 423 g/mol. The normalized spacial score (nSPS) is 16.4. The molecule has 2 aromatic rings. The summed E-state index contributed by atoms with van der Waals surface area (Å²) in [7, 11) is 0. The van der Waals surface area contributed by atoms with Crippen LogP contribution in [-0.2, 0) is 6.42 Å². The number of fused-ring (bicyclic) bond motifs is 1. The van der Waals surface area contributed by atoms with Crippen molar-refractivity contribution in [2.75, 3.05) is 16.9 Å². The molecule has 1 amide bonds. The molecular weight excluding hydrogens is 405 g/mol. The average Bonchev–Trinajstić information content (AvgIpc) is 3.44. The molecule has 1 fully saturated rings. The number of anilines is 2. The molecule has 1 saturated carbocycles. The third kappa shape index (κ3) is 4.23. The number of halogens is 3. The lowest BCUT2D eigenvalue weighted by Gasteiger charge is -2.21. The lowest BCUT2D eigenvalue weighted by molar-refractivity contribution is 0.102. The zero-order valence-electron chi connectivity index (χ0n) is 14.5. The highest BCUT2D eigenvalue weighted by molar-refractivity contribution is 6.65. The number of hydrogen-bond acceptors (Lipinski definition) is 3. The fourth-order valence-corrected chi connectivity index (χ4v) is 3.94. The number of nitrogens with zero attached hydrogens (tertiary/aromatic N) is 2. The zero-order chi connectivity index (χ0) is 19.0. The number of nitrogens with one attached hydrogen (secondary N) is 1. The number of benzene rings is 2. The summed E-state index contributed by atoms with van der Waals surface area (Å²) in [6.45, 7) is 0.879. The predicted octanol–water partition coefficient (Wildman–Crippen LogP) is 5.96. The summed E-state index contributed by atoms with van der Waals surface area (Å²) in [5.41, 5.74) is 3.13. The van der Waals surface area contributed by atoms with Crippen molar-refractivity contribution in [1.82, 2.24) is 0 Å².